The molecule has 0 radical (unpaired) electrons. The molecule has 2 aliphatic carbocycles. The zero-order valence-corrected chi connectivity index (χ0v) is 17.6. The van der Waals surface area contributed by atoms with Crippen LogP contribution in [0, 0.1) is 11.8 Å². The van der Waals surface area contributed by atoms with E-state index in [1.807, 2.05) is 35.2 Å². The first-order valence-electron chi connectivity index (χ1n) is 11.2. The second kappa shape index (κ2) is 7.22. The fourth-order valence-electron chi connectivity index (χ4n) is 5.07. The molecular weight excluding hydrogens is 390 g/mol. The summed E-state index contributed by atoms with van der Waals surface area (Å²) in [6, 6.07) is 14.3. The Labute approximate surface area is 181 Å². The number of aromatic nitrogens is 2. The standard InChI is InChI=1S/C25H25N3O3/c1-2-28-22(29)13-17-12-21-19(23(17)28)4-3-5-20(21)24-26-25(31-27-24)16-8-10-18(11-9-16)30-14-15-6-7-15/h3-5,8-11,15,17,23H,2,6-7,12-14H2,1H3. The first-order chi connectivity index (χ1) is 15.2. The number of carbonyl (C=O) groups excluding carboxylic acids is 1. The number of hydrogen-bond acceptors (Lipinski definition) is 5. The number of fused-ring (bicyclic) bond motifs is 3. The summed E-state index contributed by atoms with van der Waals surface area (Å²) in [6.07, 6.45) is 4.06. The van der Waals surface area contributed by atoms with Gasteiger partial charge in [0.15, 0.2) is 0 Å². The fraction of sp³-hybridized carbons (Fsp3) is 0.400. The molecule has 6 rings (SSSR count). The summed E-state index contributed by atoms with van der Waals surface area (Å²) in [4.78, 5) is 19.0. The molecule has 0 spiro atoms. The summed E-state index contributed by atoms with van der Waals surface area (Å²) < 4.78 is 11.4. The highest BCUT2D eigenvalue weighted by atomic mass is 16.5. The van der Waals surface area contributed by atoms with Gasteiger partial charge in [-0.05, 0) is 73.4 Å². The van der Waals surface area contributed by atoms with Crippen LogP contribution < -0.4 is 4.74 Å². The van der Waals surface area contributed by atoms with Crippen molar-refractivity contribution in [3.8, 4) is 28.6 Å². The summed E-state index contributed by atoms with van der Waals surface area (Å²) in [6.45, 7) is 3.60. The van der Waals surface area contributed by atoms with Crippen LogP contribution in [0.1, 0.15) is 43.4 Å². The van der Waals surface area contributed by atoms with Gasteiger partial charge in [-0.25, -0.2) is 0 Å². The maximum atomic E-state index is 12.3. The number of rotatable bonds is 6. The maximum Gasteiger partial charge on any atom is 0.258 e. The maximum absolute atomic E-state index is 12.3. The van der Waals surface area contributed by atoms with Crippen LogP contribution in [-0.4, -0.2) is 34.1 Å². The predicted octanol–water partition coefficient (Wildman–Crippen LogP) is 4.66. The molecule has 1 aliphatic heterocycles. The van der Waals surface area contributed by atoms with Gasteiger partial charge in [-0.1, -0.05) is 23.4 Å². The van der Waals surface area contributed by atoms with E-state index in [9.17, 15) is 4.79 Å². The van der Waals surface area contributed by atoms with Crippen LogP contribution in [0.2, 0.25) is 0 Å². The zero-order valence-electron chi connectivity index (χ0n) is 17.6. The third-order valence-electron chi connectivity index (χ3n) is 6.83. The van der Waals surface area contributed by atoms with Gasteiger partial charge in [-0.15, -0.1) is 0 Å². The van der Waals surface area contributed by atoms with Crippen LogP contribution in [-0.2, 0) is 11.2 Å². The molecule has 1 saturated heterocycles. The van der Waals surface area contributed by atoms with Gasteiger partial charge < -0.3 is 14.2 Å². The van der Waals surface area contributed by atoms with Crippen molar-refractivity contribution in [1.82, 2.24) is 15.0 Å². The first kappa shape index (κ1) is 18.6. The molecule has 6 nitrogen and oxygen atoms in total. The smallest absolute Gasteiger partial charge is 0.258 e. The lowest BCUT2D eigenvalue weighted by Crippen LogP contribution is -2.27. The monoisotopic (exact) mass is 415 g/mol. The molecule has 2 unspecified atom stereocenters. The van der Waals surface area contributed by atoms with Gasteiger partial charge in [0.25, 0.3) is 5.89 Å². The van der Waals surface area contributed by atoms with Gasteiger partial charge >= 0.3 is 0 Å². The Hall–Kier alpha value is -3.15. The van der Waals surface area contributed by atoms with Crippen molar-refractivity contribution in [2.75, 3.05) is 13.2 Å². The van der Waals surface area contributed by atoms with E-state index >= 15 is 0 Å². The van der Waals surface area contributed by atoms with Crippen LogP contribution in [0.15, 0.2) is 47.0 Å². The van der Waals surface area contributed by atoms with Gasteiger partial charge in [0, 0.05) is 24.1 Å². The van der Waals surface area contributed by atoms with Gasteiger partial charge in [0.2, 0.25) is 11.7 Å². The molecule has 2 fully saturated rings. The van der Waals surface area contributed by atoms with Crippen molar-refractivity contribution in [2.24, 2.45) is 11.8 Å². The summed E-state index contributed by atoms with van der Waals surface area (Å²) in [5, 5.41) is 4.28. The molecule has 1 aromatic heterocycles. The average Bonchev–Trinajstić information content (AvgIpc) is 3.22. The third-order valence-corrected chi connectivity index (χ3v) is 6.83. The van der Waals surface area contributed by atoms with Crippen LogP contribution in [0.5, 0.6) is 5.75 Å². The molecule has 2 aromatic carbocycles. The normalized spacial score (nSPS) is 22.0. The lowest BCUT2D eigenvalue weighted by atomic mass is 10.0. The van der Waals surface area contributed by atoms with Crippen LogP contribution in [0.25, 0.3) is 22.8 Å². The zero-order chi connectivity index (χ0) is 20.9. The number of likely N-dealkylation sites (tertiary alicyclic amines) is 1. The number of hydrogen-bond donors (Lipinski definition) is 0. The lowest BCUT2D eigenvalue weighted by Gasteiger charge is -2.23. The Kier molecular flexibility index (Phi) is 4.33. The van der Waals surface area contributed by atoms with Crippen molar-refractivity contribution in [3.05, 3.63) is 53.6 Å². The molecular formula is C25H25N3O3. The lowest BCUT2D eigenvalue weighted by molar-refractivity contribution is -0.128. The van der Waals surface area contributed by atoms with Crippen LogP contribution in [0.3, 0.4) is 0 Å². The fourth-order valence-corrected chi connectivity index (χ4v) is 5.07. The Morgan fingerprint density at radius 3 is 2.74 bits per heavy atom. The molecule has 1 saturated carbocycles. The number of carbonyl (C=O) groups is 1. The van der Waals surface area contributed by atoms with E-state index in [0.717, 1.165) is 42.4 Å². The summed E-state index contributed by atoms with van der Waals surface area (Å²) >= 11 is 0. The van der Waals surface area contributed by atoms with Crippen molar-refractivity contribution in [3.63, 3.8) is 0 Å². The van der Waals surface area contributed by atoms with E-state index in [2.05, 4.69) is 24.2 Å². The number of benzene rings is 2. The van der Waals surface area contributed by atoms with Gasteiger partial charge in [0.05, 0.1) is 12.6 Å². The highest BCUT2D eigenvalue weighted by molar-refractivity contribution is 5.81. The van der Waals surface area contributed by atoms with E-state index in [4.69, 9.17) is 14.2 Å². The number of amides is 1. The van der Waals surface area contributed by atoms with Crippen molar-refractivity contribution in [2.45, 2.75) is 38.6 Å². The van der Waals surface area contributed by atoms with E-state index in [1.165, 1.54) is 24.0 Å². The Bertz CT molecular complexity index is 1130. The second-order valence-electron chi connectivity index (χ2n) is 8.87. The Morgan fingerprint density at radius 1 is 1.13 bits per heavy atom. The van der Waals surface area contributed by atoms with Crippen molar-refractivity contribution < 1.29 is 14.1 Å². The van der Waals surface area contributed by atoms with Crippen LogP contribution in [0.4, 0.5) is 0 Å². The second-order valence-corrected chi connectivity index (χ2v) is 8.87. The third kappa shape index (κ3) is 3.21. The molecule has 2 heterocycles. The molecule has 0 N–H and O–H groups in total. The molecule has 31 heavy (non-hydrogen) atoms. The Balaban J connectivity index is 1.26. The van der Waals surface area contributed by atoms with Gasteiger partial charge in [-0.2, -0.15) is 4.98 Å². The predicted molar refractivity (Wildman–Crippen MR) is 115 cm³/mol. The van der Waals surface area contributed by atoms with Crippen molar-refractivity contribution >= 4 is 5.91 Å². The highest BCUT2D eigenvalue weighted by Crippen LogP contribution is 2.49. The molecule has 1 amide bonds. The summed E-state index contributed by atoms with van der Waals surface area (Å²) in [5.41, 5.74) is 4.37. The van der Waals surface area contributed by atoms with E-state index in [1.54, 1.807) is 0 Å². The summed E-state index contributed by atoms with van der Waals surface area (Å²) in [7, 11) is 0. The molecule has 2 atom stereocenters. The SMILES string of the molecule is CCN1C(=O)CC2Cc3c(-c4noc(-c5ccc(OCC6CC6)cc5)n4)cccc3C21. The minimum Gasteiger partial charge on any atom is -0.493 e. The minimum atomic E-state index is 0.182. The topological polar surface area (TPSA) is 68.5 Å². The molecule has 6 heteroatoms. The minimum absolute atomic E-state index is 0.182. The molecule has 3 aliphatic rings. The largest absolute Gasteiger partial charge is 0.493 e. The van der Waals surface area contributed by atoms with Crippen molar-refractivity contribution in [1.29, 1.82) is 0 Å². The molecule has 3 aromatic rings. The first-order valence-corrected chi connectivity index (χ1v) is 11.2. The quantitative estimate of drug-likeness (QED) is 0.586. The molecule has 158 valence electrons. The van der Waals surface area contributed by atoms with E-state index in [0.29, 0.717) is 24.1 Å². The van der Waals surface area contributed by atoms with Gasteiger partial charge in [-0.3, -0.25) is 4.79 Å². The number of nitrogens with zero attached hydrogens (tertiary/aromatic N) is 3. The van der Waals surface area contributed by atoms with Crippen LogP contribution >= 0.6 is 0 Å². The molecule has 0 bridgehead atoms. The van der Waals surface area contributed by atoms with E-state index < -0.39 is 0 Å². The van der Waals surface area contributed by atoms with E-state index in [-0.39, 0.29) is 11.9 Å². The number of ether oxygens (including phenoxy) is 1. The van der Waals surface area contributed by atoms with Gasteiger partial charge in [0.1, 0.15) is 5.75 Å². The Morgan fingerprint density at radius 2 is 1.97 bits per heavy atom. The average molecular weight is 415 g/mol. The highest BCUT2D eigenvalue weighted by Gasteiger charge is 2.45. The summed E-state index contributed by atoms with van der Waals surface area (Å²) in [5.74, 6) is 3.32.